The summed E-state index contributed by atoms with van der Waals surface area (Å²) in [6.45, 7) is 0.174. The van der Waals surface area contributed by atoms with Crippen LogP contribution >= 0.6 is 15.9 Å². The molecule has 0 heterocycles. The highest BCUT2D eigenvalue weighted by molar-refractivity contribution is 9.10. The van der Waals surface area contributed by atoms with E-state index in [-0.39, 0.29) is 6.61 Å². The second-order valence-electron chi connectivity index (χ2n) is 2.72. The van der Waals surface area contributed by atoms with Gasteiger partial charge in [-0.2, -0.15) is 0 Å². The molecule has 15 heavy (non-hydrogen) atoms. The van der Waals surface area contributed by atoms with E-state index < -0.39 is 5.97 Å². The van der Waals surface area contributed by atoms with Crippen LogP contribution in [0.5, 0.6) is 0 Å². The molecule has 1 N–H and O–H groups in total. The number of benzene rings is 1. The van der Waals surface area contributed by atoms with Crippen LogP contribution in [0.2, 0.25) is 0 Å². The maximum absolute atomic E-state index is 11.4. The lowest BCUT2D eigenvalue weighted by atomic mass is 10.1. The highest BCUT2D eigenvalue weighted by Gasteiger charge is 2.11. The van der Waals surface area contributed by atoms with E-state index >= 15 is 0 Å². The molecule has 0 amide bonds. The number of carbonyl (C=O) groups excluding carboxylic acids is 1. The summed E-state index contributed by atoms with van der Waals surface area (Å²) in [5.41, 5.74) is 1.13. The van der Waals surface area contributed by atoms with Crippen LogP contribution < -0.4 is 0 Å². The van der Waals surface area contributed by atoms with E-state index in [4.69, 9.17) is 10.1 Å². The fourth-order valence-electron chi connectivity index (χ4n) is 1.12. The molecule has 1 rings (SSSR count). The van der Waals surface area contributed by atoms with Gasteiger partial charge >= 0.3 is 5.97 Å². The number of methoxy groups -OCH3 is 1. The highest BCUT2D eigenvalue weighted by Crippen LogP contribution is 2.18. The molecular weight excluding hydrogens is 262 g/mol. The molecule has 0 aliphatic carbocycles. The molecule has 80 valence electrons. The lowest BCUT2D eigenvalue weighted by molar-refractivity contribution is 0.0597. The van der Waals surface area contributed by atoms with Crippen molar-refractivity contribution in [3.05, 3.63) is 33.8 Å². The van der Waals surface area contributed by atoms with Crippen molar-refractivity contribution in [2.24, 2.45) is 0 Å². The molecule has 0 bridgehead atoms. The van der Waals surface area contributed by atoms with Crippen molar-refractivity contribution in [3.8, 4) is 0 Å². The summed E-state index contributed by atoms with van der Waals surface area (Å²) in [6, 6.07) is 5.16. The fourth-order valence-corrected chi connectivity index (χ4v) is 1.53. The molecule has 0 aliphatic heterocycles. The zero-order valence-electron chi connectivity index (χ0n) is 8.12. The van der Waals surface area contributed by atoms with E-state index in [9.17, 15) is 4.79 Å². The minimum Gasteiger partial charge on any atom is -0.479 e. The molecule has 0 fully saturated rings. The van der Waals surface area contributed by atoms with Gasteiger partial charge < -0.3 is 9.47 Å². The smallest absolute Gasteiger partial charge is 0.338 e. The van der Waals surface area contributed by atoms with Gasteiger partial charge in [0.1, 0.15) is 6.61 Å². The number of halogens is 1. The zero-order valence-corrected chi connectivity index (χ0v) is 9.71. The lowest BCUT2D eigenvalue weighted by Crippen LogP contribution is -2.06. The van der Waals surface area contributed by atoms with Gasteiger partial charge in [-0.05, 0) is 18.2 Å². The molecule has 1 aromatic rings. The van der Waals surface area contributed by atoms with Crippen LogP contribution in [0.15, 0.2) is 22.7 Å². The van der Waals surface area contributed by atoms with E-state index in [0.717, 1.165) is 10.9 Å². The molecule has 0 spiro atoms. The Morgan fingerprint density at radius 1 is 1.60 bits per heavy atom. The molecule has 0 radical (unpaired) electrons. The van der Waals surface area contributed by atoms with Crippen molar-refractivity contribution < 1.29 is 14.3 Å². The van der Waals surface area contributed by atoms with Crippen LogP contribution in [0.4, 0.5) is 0 Å². The molecule has 0 aromatic heterocycles. The molecule has 5 heteroatoms. The zero-order chi connectivity index (χ0) is 11.3. The predicted molar refractivity (Wildman–Crippen MR) is 59.1 cm³/mol. The maximum atomic E-state index is 11.4. The first-order valence-electron chi connectivity index (χ1n) is 4.16. The fraction of sp³-hybridized carbons (Fsp3) is 0.200. The second kappa shape index (κ2) is 5.50. The van der Waals surface area contributed by atoms with Crippen LogP contribution in [-0.4, -0.2) is 19.5 Å². The van der Waals surface area contributed by atoms with Crippen molar-refractivity contribution in [3.63, 3.8) is 0 Å². The van der Waals surface area contributed by atoms with Gasteiger partial charge in [0.15, 0.2) is 6.40 Å². The molecule has 0 unspecified atom stereocenters. The van der Waals surface area contributed by atoms with Crippen LogP contribution in [0.3, 0.4) is 0 Å². The van der Waals surface area contributed by atoms with Crippen molar-refractivity contribution in [1.82, 2.24) is 0 Å². The third-order valence-corrected chi connectivity index (χ3v) is 2.29. The van der Waals surface area contributed by atoms with E-state index in [1.165, 1.54) is 7.11 Å². The average molecular weight is 272 g/mol. The quantitative estimate of drug-likeness (QED) is 0.520. The topological polar surface area (TPSA) is 59.4 Å². The summed E-state index contributed by atoms with van der Waals surface area (Å²) in [5.74, 6) is -0.411. The number of nitrogens with one attached hydrogen (secondary N) is 1. The van der Waals surface area contributed by atoms with Crippen molar-refractivity contribution >= 4 is 28.3 Å². The molecule has 0 aliphatic rings. The molecule has 4 nitrogen and oxygen atoms in total. The normalized spacial score (nSPS) is 9.47. The average Bonchev–Trinajstić information content (AvgIpc) is 2.25. The predicted octanol–water partition coefficient (Wildman–Crippen LogP) is 2.36. The lowest BCUT2D eigenvalue weighted by Gasteiger charge is -2.07. The summed E-state index contributed by atoms with van der Waals surface area (Å²) in [7, 11) is 1.33. The Hall–Kier alpha value is -1.36. The maximum Gasteiger partial charge on any atom is 0.338 e. The standard InChI is InChI=1S/C10H10BrNO3/c1-14-10(13)9-3-2-8(11)4-7(9)5-15-6-12/h2-4,6,12H,5H2,1H3. The number of carbonyl (C=O) groups is 1. The van der Waals surface area contributed by atoms with E-state index in [1.807, 2.05) is 0 Å². The summed E-state index contributed by atoms with van der Waals surface area (Å²) >= 11 is 3.29. The second-order valence-corrected chi connectivity index (χ2v) is 3.64. The largest absolute Gasteiger partial charge is 0.479 e. The molecule has 1 aromatic carbocycles. The first-order chi connectivity index (χ1) is 7.19. The third-order valence-electron chi connectivity index (χ3n) is 1.79. The molecule has 0 saturated carbocycles. The van der Waals surface area contributed by atoms with Crippen LogP contribution in [0, 0.1) is 5.41 Å². The van der Waals surface area contributed by atoms with Gasteiger partial charge in [-0.1, -0.05) is 15.9 Å². The summed E-state index contributed by atoms with van der Waals surface area (Å²) in [4.78, 5) is 11.4. The highest BCUT2D eigenvalue weighted by atomic mass is 79.9. The van der Waals surface area contributed by atoms with Gasteiger partial charge in [0.2, 0.25) is 0 Å². The first kappa shape index (κ1) is 11.7. The van der Waals surface area contributed by atoms with Gasteiger partial charge in [-0.15, -0.1) is 0 Å². The van der Waals surface area contributed by atoms with Gasteiger partial charge in [-0.3, -0.25) is 5.41 Å². The number of ether oxygens (including phenoxy) is 2. The van der Waals surface area contributed by atoms with Gasteiger partial charge in [0, 0.05) is 10.0 Å². The van der Waals surface area contributed by atoms with Gasteiger partial charge in [0.05, 0.1) is 12.7 Å². The number of esters is 1. The number of hydrogen-bond acceptors (Lipinski definition) is 4. The Morgan fingerprint density at radius 3 is 2.93 bits per heavy atom. The number of rotatable bonds is 4. The molecule has 0 atom stereocenters. The minimum atomic E-state index is -0.411. The van der Waals surface area contributed by atoms with Crippen molar-refractivity contribution in [2.75, 3.05) is 7.11 Å². The Bertz CT molecular complexity index is 379. The third kappa shape index (κ3) is 3.06. The Kier molecular flexibility index (Phi) is 4.30. The van der Waals surface area contributed by atoms with E-state index in [0.29, 0.717) is 11.1 Å². The molecular formula is C10H10BrNO3. The van der Waals surface area contributed by atoms with Crippen LogP contribution in [0.25, 0.3) is 0 Å². The van der Waals surface area contributed by atoms with Gasteiger partial charge in [0.25, 0.3) is 0 Å². The monoisotopic (exact) mass is 271 g/mol. The van der Waals surface area contributed by atoms with Gasteiger partial charge in [-0.25, -0.2) is 4.79 Å². The SMILES string of the molecule is COC(=O)c1ccc(Br)cc1COC=N. The Balaban J connectivity index is 3.02. The summed E-state index contributed by atoms with van der Waals surface area (Å²) in [5, 5.41) is 6.75. The van der Waals surface area contributed by atoms with Crippen molar-refractivity contribution in [1.29, 1.82) is 5.41 Å². The summed E-state index contributed by atoms with van der Waals surface area (Å²) < 4.78 is 10.3. The van der Waals surface area contributed by atoms with E-state index in [2.05, 4.69) is 20.7 Å². The minimum absolute atomic E-state index is 0.174. The van der Waals surface area contributed by atoms with E-state index in [1.54, 1.807) is 18.2 Å². The Labute approximate surface area is 95.8 Å². The Morgan fingerprint density at radius 2 is 2.33 bits per heavy atom. The van der Waals surface area contributed by atoms with Crippen molar-refractivity contribution in [2.45, 2.75) is 6.61 Å². The first-order valence-corrected chi connectivity index (χ1v) is 4.95. The number of hydrogen-bond donors (Lipinski definition) is 1. The van der Waals surface area contributed by atoms with Crippen LogP contribution in [0.1, 0.15) is 15.9 Å². The van der Waals surface area contributed by atoms with Crippen LogP contribution in [-0.2, 0) is 16.1 Å². The molecule has 0 saturated heterocycles. The summed E-state index contributed by atoms with van der Waals surface area (Å²) in [6.07, 6.45) is 0.835.